The second kappa shape index (κ2) is 4.34. The summed E-state index contributed by atoms with van der Waals surface area (Å²) in [5.41, 5.74) is -2.56. The number of carbonyl (C=O) groups is 1. The SMILES string of the molecule is CCCC(C)(C(=O)O)n1ccc(=O)[nH]c1=O. The van der Waals surface area contributed by atoms with Gasteiger partial charge in [0.2, 0.25) is 0 Å². The van der Waals surface area contributed by atoms with Gasteiger partial charge in [-0.3, -0.25) is 14.3 Å². The Kier molecular flexibility index (Phi) is 3.31. The minimum absolute atomic E-state index is 0.314. The lowest BCUT2D eigenvalue weighted by Crippen LogP contribution is -2.47. The third-order valence-electron chi connectivity index (χ3n) is 2.55. The van der Waals surface area contributed by atoms with Crippen LogP contribution in [0.5, 0.6) is 0 Å². The summed E-state index contributed by atoms with van der Waals surface area (Å²) in [5, 5.41) is 9.16. The largest absolute Gasteiger partial charge is 0.479 e. The lowest BCUT2D eigenvalue weighted by Gasteiger charge is -2.26. The fourth-order valence-corrected chi connectivity index (χ4v) is 1.62. The molecule has 88 valence electrons. The van der Waals surface area contributed by atoms with Gasteiger partial charge >= 0.3 is 11.7 Å². The van der Waals surface area contributed by atoms with Crippen molar-refractivity contribution in [2.75, 3.05) is 0 Å². The molecule has 0 bridgehead atoms. The van der Waals surface area contributed by atoms with Gasteiger partial charge in [-0.15, -0.1) is 0 Å². The Morgan fingerprint density at radius 2 is 2.19 bits per heavy atom. The van der Waals surface area contributed by atoms with E-state index in [0.29, 0.717) is 12.8 Å². The highest BCUT2D eigenvalue weighted by atomic mass is 16.4. The highest BCUT2D eigenvalue weighted by Crippen LogP contribution is 2.20. The van der Waals surface area contributed by atoms with Crippen LogP contribution in [-0.2, 0) is 10.3 Å². The van der Waals surface area contributed by atoms with E-state index < -0.39 is 22.8 Å². The van der Waals surface area contributed by atoms with Crippen LogP contribution in [0.15, 0.2) is 21.9 Å². The van der Waals surface area contributed by atoms with Crippen LogP contribution in [0.1, 0.15) is 26.7 Å². The Morgan fingerprint density at radius 3 is 2.62 bits per heavy atom. The maximum absolute atomic E-state index is 11.5. The summed E-state index contributed by atoms with van der Waals surface area (Å²) >= 11 is 0. The Labute approximate surface area is 91.5 Å². The Balaban J connectivity index is 3.38. The molecule has 0 saturated heterocycles. The predicted molar refractivity (Wildman–Crippen MR) is 57.5 cm³/mol. The molecule has 1 atom stereocenters. The highest BCUT2D eigenvalue weighted by molar-refractivity contribution is 5.76. The van der Waals surface area contributed by atoms with Gasteiger partial charge in [-0.05, 0) is 13.3 Å². The highest BCUT2D eigenvalue weighted by Gasteiger charge is 2.35. The average Bonchev–Trinajstić information content (AvgIpc) is 2.17. The van der Waals surface area contributed by atoms with E-state index in [2.05, 4.69) is 0 Å². The average molecular weight is 226 g/mol. The number of rotatable bonds is 4. The second-order valence-electron chi connectivity index (χ2n) is 3.81. The number of nitrogens with one attached hydrogen (secondary N) is 1. The number of hydrogen-bond acceptors (Lipinski definition) is 3. The molecule has 0 radical (unpaired) electrons. The molecule has 0 spiro atoms. The van der Waals surface area contributed by atoms with Crippen molar-refractivity contribution in [2.45, 2.75) is 32.2 Å². The van der Waals surface area contributed by atoms with Crippen molar-refractivity contribution in [3.05, 3.63) is 33.1 Å². The van der Waals surface area contributed by atoms with Gasteiger partial charge in [0.1, 0.15) is 5.54 Å². The maximum atomic E-state index is 11.5. The van der Waals surface area contributed by atoms with E-state index in [0.717, 1.165) is 10.6 Å². The van der Waals surface area contributed by atoms with Crippen molar-refractivity contribution in [1.82, 2.24) is 9.55 Å². The van der Waals surface area contributed by atoms with Crippen LogP contribution in [0.2, 0.25) is 0 Å². The summed E-state index contributed by atoms with van der Waals surface area (Å²) in [6.45, 7) is 3.29. The molecule has 0 fully saturated rings. The van der Waals surface area contributed by atoms with Crippen molar-refractivity contribution in [3.63, 3.8) is 0 Å². The van der Waals surface area contributed by atoms with Crippen molar-refractivity contribution in [1.29, 1.82) is 0 Å². The number of H-pyrrole nitrogens is 1. The Hall–Kier alpha value is -1.85. The zero-order chi connectivity index (χ0) is 12.3. The first-order valence-corrected chi connectivity index (χ1v) is 4.97. The minimum atomic E-state index is -1.32. The number of hydrogen-bond donors (Lipinski definition) is 2. The van der Waals surface area contributed by atoms with Crippen LogP contribution in [0.25, 0.3) is 0 Å². The molecule has 1 unspecified atom stereocenters. The molecule has 0 aliphatic rings. The number of nitrogens with zero attached hydrogens (tertiary/aromatic N) is 1. The number of aliphatic carboxylic acids is 1. The molecule has 1 heterocycles. The van der Waals surface area contributed by atoms with Gasteiger partial charge in [0.25, 0.3) is 5.56 Å². The fraction of sp³-hybridized carbons (Fsp3) is 0.500. The molecule has 1 rings (SSSR count). The van der Waals surface area contributed by atoms with Gasteiger partial charge in [-0.25, -0.2) is 9.59 Å². The molecule has 1 aromatic rings. The Morgan fingerprint density at radius 1 is 1.56 bits per heavy atom. The first kappa shape index (κ1) is 12.2. The van der Waals surface area contributed by atoms with E-state index in [1.165, 1.54) is 13.1 Å². The van der Waals surface area contributed by atoms with Crippen molar-refractivity contribution < 1.29 is 9.90 Å². The van der Waals surface area contributed by atoms with E-state index in [-0.39, 0.29) is 0 Å². The van der Waals surface area contributed by atoms with Crippen LogP contribution < -0.4 is 11.2 Å². The smallest absolute Gasteiger partial charge is 0.329 e. The van der Waals surface area contributed by atoms with Crippen LogP contribution in [0, 0.1) is 0 Å². The summed E-state index contributed by atoms with van der Waals surface area (Å²) in [6.07, 6.45) is 2.15. The van der Waals surface area contributed by atoms with Gasteiger partial charge in [0.15, 0.2) is 0 Å². The minimum Gasteiger partial charge on any atom is -0.479 e. The molecular formula is C10H14N2O4. The molecule has 2 N–H and O–H groups in total. The summed E-state index contributed by atoms with van der Waals surface area (Å²) in [7, 11) is 0. The molecule has 1 aromatic heterocycles. The summed E-state index contributed by atoms with van der Waals surface area (Å²) in [5.74, 6) is -1.09. The summed E-state index contributed by atoms with van der Waals surface area (Å²) in [4.78, 5) is 35.6. The lowest BCUT2D eigenvalue weighted by atomic mass is 9.96. The van der Waals surface area contributed by atoms with Crippen LogP contribution in [0.3, 0.4) is 0 Å². The molecule has 16 heavy (non-hydrogen) atoms. The van der Waals surface area contributed by atoms with E-state index >= 15 is 0 Å². The molecule has 6 heteroatoms. The van der Waals surface area contributed by atoms with E-state index in [1.54, 1.807) is 0 Å². The maximum Gasteiger partial charge on any atom is 0.329 e. The second-order valence-corrected chi connectivity index (χ2v) is 3.81. The van der Waals surface area contributed by atoms with Crippen molar-refractivity contribution >= 4 is 5.97 Å². The fourth-order valence-electron chi connectivity index (χ4n) is 1.62. The zero-order valence-electron chi connectivity index (χ0n) is 9.19. The summed E-state index contributed by atoms with van der Waals surface area (Å²) in [6, 6.07) is 1.14. The third kappa shape index (κ3) is 2.05. The molecule has 0 saturated carbocycles. The predicted octanol–water partition coefficient (Wildman–Crippen LogP) is 0.137. The van der Waals surface area contributed by atoms with Gasteiger partial charge in [-0.1, -0.05) is 13.3 Å². The number of aromatic amines is 1. The third-order valence-corrected chi connectivity index (χ3v) is 2.55. The Bertz CT molecular complexity index is 502. The normalized spacial score (nSPS) is 14.4. The standard InChI is InChI=1S/C10H14N2O4/c1-3-5-10(2,8(14)15)12-6-4-7(13)11-9(12)16/h4,6H,3,5H2,1-2H3,(H,14,15)(H,11,13,16). The number of aromatic nitrogens is 2. The molecule has 0 aliphatic carbocycles. The quantitative estimate of drug-likeness (QED) is 0.763. The van der Waals surface area contributed by atoms with Crippen LogP contribution in [0.4, 0.5) is 0 Å². The zero-order valence-corrected chi connectivity index (χ0v) is 9.19. The molecule has 0 aromatic carbocycles. The first-order chi connectivity index (χ1) is 7.41. The first-order valence-electron chi connectivity index (χ1n) is 4.97. The summed E-state index contributed by atoms with van der Waals surface area (Å²) < 4.78 is 1.04. The molecule has 6 nitrogen and oxygen atoms in total. The van der Waals surface area contributed by atoms with Gasteiger partial charge in [0.05, 0.1) is 0 Å². The van der Waals surface area contributed by atoms with Gasteiger partial charge in [0, 0.05) is 12.3 Å². The van der Waals surface area contributed by atoms with Crippen molar-refractivity contribution in [2.24, 2.45) is 0 Å². The molecule has 0 amide bonds. The van der Waals surface area contributed by atoms with Gasteiger partial charge < -0.3 is 5.11 Å². The molecule has 0 aliphatic heterocycles. The van der Waals surface area contributed by atoms with Gasteiger partial charge in [-0.2, -0.15) is 0 Å². The van der Waals surface area contributed by atoms with E-state index in [9.17, 15) is 14.4 Å². The lowest BCUT2D eigenvalue weighted by molar-refractivity contribution is -0.147. The number of carboxylic acid groups (broad SMARTS) is 1. The van der Waals surface area contributed by atoms with E-state index in [1.807, 2.05) is 11.9 Å². The van der Waals surface area contributed by atoms with E-state index in [4.69, 9.17) is 5.11 Å². The topological polar surface area (TPSA) is 92.2 Å². The van der Waals surface area contributed by atoms with Crippen molar-refractivity contribution in [3.8, 4) is 0 Å². The molecular weight excluding hydrogens is 212 g/mol. The monoisotopic (exact) mass is 226 g/mol. The van der Waals surface area contributed by atoms with Crippen LogP contribution in [-0.4, -0.2) is 20.6 Å². The number of carboxylic acids is 1. The van der Waals surface area contributed by atoms with Crippen LogP contribution >= 0.6 is 0 Å².